The summed E-state index contributed by atoms with van der Waals surface area (Å²) in [5, 5.41) is 16.5. The first-order valence-electron chi connectivity index (χ1n) is 6.33. The third-order valence-corrected chi connectivity index (χ3v) is 3.31. The number of piperidine rings is 1. The molecule has 4 amide bonds. The average molecular weight is 284 g/mol. The highest BCUT2D eigenvalue weighted by molar-refractivity contribution is 5.93. The molecule has 0 aromatic carbocycles. The van der Waals surface area contributed by atoms with Gasteiger partial charge in [0.1, 0.15) is 18.6 Å². The molecule has 0 aromatic heterocycles. The molecule has 2 atom stereocenters. The Morgan fingerprint density at radius 2 is 2.05 bits per heavy atom. The minimum atomic E-state index is -1.20. The first kappa shape index (κ1) is 14.1. The average Bonchev–Trinajstić information content (AvgIpc) is 2.40. The van der Waals surface area contributed by atoms with Crippen LogP contribution in [0.2, 0.25) is 0 Å². The van der Waals surface area contributed by atoms with E-state index in [2.05, 4.69) is 16.0 Å². The van der Waals surface area contributed by atoms with Crippen molar-refractivity contribution in [3.8, 4) is 0 Å². The molecular weight excluding hydrogens is 268 g/mol. The minimum absolute atomic E-state index is 0.140. The fourth-order valence-corrected chi connectivity index (χ4v) is 2.22. The fourth-order valence-electron chi connectivity index (χ4n) is 2.22. The lowest BCUT2D eigenvalue weighted by Crippen LogP contribution is -2.63. The second kappa shape index (κ2) is 5.76. The van der Waals surface area contributed by atoms with Crippen LogP contribution in [0.15, 0.2) is 0 Å². The SMILES string of the molecule is O=C1CN(C(=O)NC2CCCNC2=O)C(C(=O)O)CN1. The van der Waals surface area contributed by atoms with Gasteiger partial charge in [0.25, 0.3) is 0 Å². The molecule has 0 bridgehead atoms. The maximum Gasteiger partial charge on any atom is 0.328 e. The summed E-state index contributed by atoms with van der Waals surface area (Å²) in [6.45, 7) is 0.0880. The molecule has 0 spiro atoms. The van der Waals surface area contributed by atoms with E-state index in [0.717, 1.165) is 11.3 Å². The number of piperazine rings is 1. The lowest BCUT2D eigenvalue weighted by molar-refractivity contribution is -0.144. The zero-order valence-corrected chi connectivity index (χ0v) is 10.7. The van der Waals surface area contributed by atoms with Crippen LogP contribution in [0.1, 0.15) is 12.8 Å². The van der Waals surface area contributed by atoms with E-state index >= 15 is 0 Å². The van der Waals surface area contributed by atoms with Gasteiger partial charge in [0, 0.05) is 13.1 Å². The molecule has 2 aliphatic heterocycles. The molecule has 2 aliphatic rings. The summed E-state index contributed by atoms with van der Waals surface area (Å²) in [6.07, 6.45) is 1.23. The summed E-state index contributed by atoms with van der Waals surface area (Å²) in [4.78, 5) is 46.9. The Labute approximate surface area is 114 Å². The number of rotatable bonds is 2. The largest absolute Gasteiger partial charge is 0.480 e. The van der Waals surface area contributed by atoms with Crippen molar-refractivity contribution in [1.29, 1.82) is 0 Å². The van der Waals surface area contributed by atoms with E-state index in [1.54, 1.807) is 0 Å². The maximum atomic E-state index is 12.1. The fraction of sp³-hybridized carbons (Fsp3) is 0.636. The molecule has 0 aliphatic carbocycles. The predicted molar refractivity (Wildman–Crippen MR) is 65.7 cm³/mol. The highest BCUT2D eigenvalue weighted by Crippen LogP contribution is 2.08. The minimum Gasteiger partial charge on any atom is -0.480 e. The third kappa shape index (κ3) is 2.98. The molecular formula is C11H16N4O5. The van der Waals surface area contributed by atoms with Crippen molar-refractivity contribution in [3.63, 3.8) is 0 Å². The van der Waals surface area contributed by atoms with Crippen LogP contribution in [-0.4, -0.2) is 65.5 Å². The Hall–Kier alpha value is -2.32. The number of aliphatic carboxylic acids is 1. The van der Waals surface area contributed by atoms with Gasteiger partial charge in [-0.05, 0) is 12.8 Å². The number of carboxylic acid groups (broad SMARTS) is 1. The highest BCUT2D eigenvalue weighted by atomic mass is 16.4. The predicted octanol–water partition coefficient (Wildman–Crippen LogP) is -2.14. The summed E-state index contributed by atoms with van der Waals surface area (Å²) in [5.74, 6) is -1.92. The van der Waals surface area contributed by atoms with Crippen molar-refractivity contribution < 1.29 is 24.3 Å². The van der Waals surface area contributed by atoms with Crippen LogP contribution in [0.25, 0.3) is 0 Å². The standard InChI is InChI=1S/C11H16N4O5/c16-8-5-15(7(4-13-8)10(18)19)11(20)14-6-2-1-3-12-9(6)17/h6-7H,1-5H2,(H,12,17)(H,13,16)(H,14,20)(H,18,19). The van der Waals surface area contributed by atoms with E-state index < -0.39 is 30.0 Å². The first-order valence-corrected chi connectivity index (χ1v) is 6.33. The van der Waals surface area contributed by atoms with Crippen LogP contribution >= 0.6 is 0 Å². The number of carbonyl (C=O) groups excluding carboxylic acids is 3. The first-order chi connectivity index (χ1) is 9.49. The van der Waals surface area contributed by atoms with Crippen LogP contribution in [0.3, 0.4) is 0 Å². The molecule has 0 radical (unpaired) electrons. The Balaban J connectivity index is 2.03. The summed E-state index contributed by atoms with van der Waals surface area (Å²) in [6, 6.07) is -2.52. The van der Waals surface area contributed by atoms with Gasteiger partial charge in [-0.15, -0.1) is 0 Å². The van der Waals surface area contributed by atoms with Crippen molar-refractivity contribution in [2.24, 2.45) is 0 Å². The summed E-state index contributed by atoms with van der Waals surface area (Å²) in [5.41, 5.74) is 0. The van der Waals surface area contributed by atoms with Gasteiger partial charge in [-0.25, -0.2) is 9.59 Å². The van der Waals surface area contributed by atoms with Gasteiger partial charge in [-0.2, -0.15) is 0 Å². The molecule has 0 saturated carbocycles. The number of nitrogens with one attached hydrogen (secondary N) is 3. The van der Waals surface area contributed by atoms with Gasteiger partial charge in [-0.1, -0.05) is 0 Å². The van der Waals surface area contributed by atoms with Crippen LogP contribution in [0.5, 0.6) is 0 Å². The second-order valence-electron chi connectivity index (χ2n) is 4.72. The maximum absolute atomic E-state index is 12.1. The number of carbonyl (C=O) groups is 4. The van der Waals surface area contributed by atoms with Crippen LogP contribution < -0.4 is 16.0 Å². The van der Waals surface area contributed by atoms with E-state index in [-0.39, 0.29) is 19.0 Å². The lowest BCUT2D eigenvalue weighted by Gasteiger charge is -2.34. The van der Waals surface area contributed by atoms with E-state index in [0.29, 0.717) is 13.0 Å². The molecule has 2 fully saturated rings. The summed E-state index contributed by atoms with van der Waals surface area (Å²) < 4.78 is 0. The van der Waals surface area contributed by atoms with Gasteiger partial charge in [0.15, 0.2) is 0 Å². The Kier molecular flexibility index (Phi) is 4.06. The van der Waals surface area contributed by atoms with Crippen LogP contribution in [0.4, 0.5) is 4.79 Å². The quantitative estimate of drug-likeness (QED) is 0.460. The zero-order chi connectivity index (χ0) is 14.7. The van der Waals surface area contributed by atoms with E-state index in [1.165, 1.54) is 0 Å². The van der Waals surface area contributed by atoms with E-state index in [1.807, 2.05) is 0 Å². The summed E-state index contributed by atoms with van der Waals surface area (Å²) in [7, 11) is 0. The molecule has 4 N–H and O–H groups in total. The molecule has 20 heavy (non-hydrogen) atoms. The molecule has 110 valence electrons. The number of hydrogen-bond donors (Lipinski definition) is 4. The smallest absolute Gasteiger partial charge is 0.328 e. The van der Waals surface area contributed by atoms with Gasteiger partial charge in [0.05, 0.1) is 0 Å². The summed E-state index contributed by atoms with van der Waals surface area (Å²) >= 11 is 0. The molecule has 9 nitrogen and oxygen atoms in total. The number of urea groups is 1. The second-order valence-corrected chi connectivity index (χ2v) is 4.72. The van der Waals surface area contributed by atoms with Crippen molar-refractivity contribution in [3.05, 3.63) is 0 Å². The van der Waals surface area contributed by atoms with Crippen molar-refractivity contribution in [2.45, 2.75) is 24.9 Å². The number of hydrogen-bond acceptors (Lipinski definition) is 4. The van der Waals surface area contributed by atoms with Gasteiger partial charge < -0.3 is 21.1 Å². The van der Waals surface area contributed by atoms with Gasteiger partial charge >= 0.3 is 12.0 Å². The van der Waals surface area contributed by atoms with Crippen LogP contribution in [0, 0.1) is 0 Å². The topological polar surface area (TPSA) is 128 Å². The normalized spacial score (nSPS) is 26.5. The van der Waals surface area contributed by atoms with E-state index in [9.17, 15) is 19.2 Å². The van der Waals surface area contributed by atoms with Crippen molar-refractivity contribution >= 4 is 23.8 Å². The van der Waals surface area contributed by atoms with Crippen LogP contribution in [-0.2, 0) is 14.4 Å². The molecule has 2 saturated heterocycles. The Bertz CT molecular complexity index is 452. The third-order valence-electron chi connectivity index (χ3n) is 3.31. The molecule has 2 heterocycles. The molecule has 2 rings (SSSR count). The number of nitrogens with zero attached hydrogens (tertiary/aromatic N) is 1. The van der Waals surface area contributed by atoms with Gasteiger partial charge in [0.2, 0.25) is 11.8 Å². The zero-order valence-electron chi connectivity index (χ0n) is 10.7. The monoisotopic (exact) mass is 284 g/mol. The molecule has 9 heteroatoms. The number of carboxylic acids is 1. The van der Waals surface area contributed by atoms with Crippen molar-refractivity contribution in [2.75, 3.05) is 19.6 Å². The van der Waals surface area contributed by atoms with Crippen molar-refractivity contribution in [1.82, 2.24) is 20.9 Å². The lowest BCUT2D eigenvalue weighted by atomic mass is 10.1. The molecule has 0 aromatic rings. The van der Waals surface area contributed by atoms with E-state index in [4.69, 9.17) is 5.11 Å². The molecule has 2 unspecified atom stereocenters. The van der Waals surface area contributed by atoms with Gasteiger partial charge in [-0.3, -0.25) is 14.5 Å². The Morgan fingerprint density at radius 3 is 2.70 bits per heavy atom. The highest BCUT2D eigenvalue weighted by Gasteiger charge is 2.36. The number of amides is 4. The Morgan fingerprint density at radius 1 is 1.30 bits per heavy atom.